The largest absolute Gasteiger partial charge is 0.454 e. The van der Waals surface area contributed by atoms with Gasteiger partial charge in [-0.3, -0.25) is 9.59 Å². The van der Waals surface area contributed by atoms with Gasteiger partial charge in [0.2, 0.25) is 28.6 Å². The van der Waals surface area contributed by atoms with Crippen LogP contribution in [0.1, 0.15) is 6.42 Å². The van der Waals surface area contributed by atoms with Crippen LogP contribution >= 0.6 is 0 Å². The second-order valence-corrected chi connectivity index (χ2v) is 8.06. The molecule has 0 spiro atoms. The fourth-order valence-electron chi connectivity index (χ4n) is 3.16. The lowest BCUT2D eigenvalue weighted by molar-refractivity contribution is -0.122. The van der Waals surface area contributed by atoms with Gasteiger partial charge in [0, 0.05) is 30.4 Å². The Morgan fingerprint density at radius 3 is 2.54 bits per heavy atom. The maximum Gasteiger partial charge on any atom is 0.238 e. The van der Waals surface area contributed by atoms with E-state index in [4.69, 9.17) is 14.6 Å². The highest BCUT2D eigenvalue weighted by Gasteiger charge is 2.35. The maximum atomic E-state index is 12.5. The summed E-state index contributed by atoms with van der Waals surface area (Å²) in [6.45, 7) is 0.377. The van der Waals surface area contributed by atoms with Crippen LogP contribution in [0, 0.1) is 5.92 Å². The zero-order chi connectivity index (χ0) is 19.9. The lowest BCUT2D eigenvalue weighted by Crippen LogP contribution is -2.28. The molecule has 2 heterocycles. The third kappa shape index (κ3) is 3.51. The number of carbonyl (C=O) groups excluding carboxylic acids is 2. The van der Waals surface area contributed by atoms with Crippen LogP contribution in [0.4, 0.5) is 11.4 Å². The van der Waals surface area contributed by atoms with Gasteiger partial charge in [0.15, 0.2) is 11.5 Å². The summed E-state index contributed by atoms with van der Waals surface area (Å²) in [4.78, 5) is 26.4. The Kier molecular flexibility index (Phi) is 4.44. The van der Waals surface area contributed by atoms with Crippen molar-refractivity contribution in [2.45, 2.75) is 11.3 Å². The van der Waals surface area contributed by atoms with E-state index in [-0.39, 0.29) is 36.5 Å². The molecule has 2 aliphatic heterocycles. The van der Waals surface area contributed by atoms with Crippen LogP contribution in [0.25, 0.3) is 0 Å². The molecule has 9 nitrogen and oxygen atoms in total. The van der Waals surface area contributed by atoms with Crippen LogP contribution < -0.4 is 24.8 Å². The first kappa shape index (κ1) is 18.3. The van der Waals surface area contributed by atoms with Gasteiger partial charge in [-0.2, -0.15) is 0 Å². The molecular formula is C18H17N3O6S. The quantitative estimate of drug-likeness (QED) is 0.785. The summed E-state index contributed by atoms with van der Waals surface area (Å²) in [5.41, 5.74) is 1.06. The van der Waals surface area contributed by atoms with Crippen molar-refractivity contribution in [3.8, 4) is 11.5 Å². The van der Waals surface area contributed by atoms with E-state index >= 15 is 0 Å². The Labute approximate surface area is 161 Å². The van der Waals surface area contributed by atoms with Gasteiger partial charge in [-0.1, -0.05) is 0 Å². The molecule has 2 amide bonds. The molecule has 2 aromatic rings. The highest BCUT2D eigenvalue weighted by Crippen LogP contribution is 2.37. The molecule has 0 saturated carbocycles. The summed E-state index contributed by atoms with van der Waals surface area (Å²) in [6.07, 6.45) is 0.0789. The van der Waals surface area contributed by atoms with Crippen molar-refractivity contribution in [1.82, 2.24) is 0 Å². The Morgan fingerprint density at radius 1 is 1.11 bits per heavy atom. The van der Waals surface area contributed by atoms with Crippen molar-refractivity contribution < 1.29 is 27.5 Å². The fraction of sp³-hybridized carbons (Fsp3) is 0.222. The van der Waals surface area contributed by atoms with Crippen molar-refractivity contribution in [3.63, 3.8) is 0 Å². The number of anilines is 2. The van der Waals surface area contributed by atoms with Crippen LogP contribution in [0.5, 0.6) is 11.5 Å². The summed E-state index contributed by atoms with van der Waals surface area (Å²) >= 11 is 0. The summed E-state index contributed by atoms with van der Waals surface area (Å²) in [7, 11) is -3.80. The number of nitrogens with zero attached hydrogens (tertiary/aromatic N) is 1. The van der Waals surface area contributed by atoms with Crippen molar-refractivity contribution in [2.75, 3.05) is 23.6 Å². The fourth-order valence-corrected chi connectivity index (χ4v) is 3.67. The highest BCUT2D eigenvalue weighted by molar-refractivity contribution is 7.89. The van der Waals surface area contributed by atoms with Gasteiger partial charge < -0.3 is 19.7 Å². The molecule has 1 atom stereocenters. The predicted molar refractivity (Wildman–Crippen MR) is 99.5 cm³/mol. The molecule has 4 rings (SSSR count). The lowest BCUT2D eigenvalue weighted by atomic mass is 10.1. The summed E-state index contributed by atoms with van der Waals surface area (Å²) in [6, 6.07) is 10.7. The van der Waals surface area contributed by atoms with Crippen LogP contribution in [0.2, 0.25) is 0 Å². The van der Waals surface area contributed by atoms with Crippen molar-refractivity contribution in [2.24, 2.45) is 11.1 Å². The van der Waals surface area contributed by atoms with E-state index in [1.165, 1.54) is 29.2 Å². The first-order valence-electron chi connectivity index (χ1n) is 8.45. The normalized spacial score (nSPS) is 18.4. The van der Waals surface area contributed by atoms with E-state index in [1.807, 2.05) is 0 Å². The second kappa shape index (κ2) is 6.80. The number of primary sulfonamides is 1. The summed E-state index contributed by atoms with van der Waals surface area (Å²) in [5, 5.41) is 7.75. The first-order chi connectivity index (χ1) is 13.3. The molecule has 0 radical (unpaired) electrons. The standard InChI is InChI=1S/C18H17N3O6S/c19-28(24,25)14-4-1-12(2-5-14)20-18(23)11-7-17(22)21(9-11)13-3-6-15-16(8-13)27-10-26-15/h1-6,8,11H,7,9-10H2,(H,20,23)(H2,19,24,25). The molecule has 0 aliphatic carbocycles. The van der Waals surface area contributed by atoms with Crippen LogP contribution in [-0.4, -0.2) is 33.6 Å². The Morgan fingerprint density at radius 2 is 1.82 bits per heavy atom. The first-order valence-corrected chi connectivity index (χ1v) is 9.99. The van der Waals surface area contributed by atoms with Crippen molar-refractivity contribution in [1.29, 1.82) is 0 Å². The van der Waals surface area contributed by atoms with Gasteiger partial charge in [-0.15, -0.1) is 0 Å². The molecule has 1 unspecified atom stereocenters. The number of nitrogens with two attached hydrogens (primary N) is 1. The lowest BCUT2D eigenvalue weighted by Gasteiger charge is -2.17. The minimum atomic E-state index is -3.80. The van der Waals surface area contributed by atoms with Gasteiger partial charge in [-0.05, 0) is 36.4 Å². The highest BCUT2D eigenvalue weighted by atomic mass is 32.2. The van der Waals surface area contributed by atoms with Gasteiger partial charge in [0.1, 0.15) is 0 Å². The predicted octanol–water partition coefficient (Wildman–Crippen LogP) is 1.05. The summed E-state index contributed by atoms with van der Waals surface area (Å²) in [5.74, 6) is 0.167. The zero-order valence-electron chi connectivity index (χ0n) is 14.6. The van der Waals surface area contributed by atoms with E-state index in [9.17, 15) is 18.0 Å². The minimum absolute atomic E-state index is 0.0458. The van der Waals surface area contributed by atoms with E-state index in [0.29, 0.717) is 22.9 Å². The number of carbonyl (C=O) groups is 2. The number of sulfonamides is 1. The van der Waals surface area contributed by atoms with E-state index in [1.54, 1.807) is 18.2 Å². The number of ether oxygens (including phenoxy) is 2. The Hall–Kier alpha value is -3.11. The molecular weight excluding hydrogens is 386 g/mol. The maximum absolute atomic E-state index is 12.5. The zero-order valence-corrected chi connectivity index (χ0v) is 15.4. The number of rotatable bonds is 4. The van der Waals surface area contributed by atoms with Crippen LogP contribution in [-0.2, 0) is 19.6 Å². The molecule has 0 aromatic heterocycles. The molecule has 3 N–H and O–H groups in total. The average molecular weight is 403 g/mol. The number of benzene rings is 2. The average Bonchev–Trinajstić information content (AvgIpc) is 3.27. The smallest absolute Gasteiger partial charge is 0.238 e. The van der Waals surface area contributed by atoms with Gasteiger partial charge >= 0.3 is 0 Å². The third-order valence-corrected chi connectivity index (χ3v) is 5.54. The SMILES string of the molecule is NS(=O)(=O)c1ccc(NC(=O)C2CC(=O)N(c3ccc4c(c3)OCO4)C2)cc1. The molecule has 0 bridgehead atoms. The minimum Gasteiger partial charge on any atom is -0.454 e. The van der Waals surface area contributed by atoms with Gasteiger partial charge in [0.05, 0.1) is 10.8 Å². The van der Waals surface area contributed by atoms with E-state index in [2.05, 4.69) is 5.32 Å². The number of hydrogen-bond acceptors (Lipinski definition) is 6. The van der Waals surface area contributed by atoms with Gasteiger partial charge in [0.25, 0.3) is 0 Å². The Balaban J connectivity index is 1.44. The monoisotopic (exact) mass is 403 g/mol. The second-order valence-electron chi connectivity index (χ2n) is 6.50. The molecule has 2 aromatic carbocycles. The number of nitrogens with one attached hydrogen (secondary N) is 1. The van der Waals surface area contributed by atoms with E-state index < -0.39 is 15.9 Å². The number of fused-ring (bicyclic) bond motifs is 1. The third-order valence-electron chi connectivity index (χ3n) is 4.61. The topological polar surface area (TPSA) is 128 Å². The van der Waals surface area contributed by atoms with Crippen LogP contribution in [0.15, 0.2) is 47.4 Å². The molecule has 1 saturated heterocycles. The Bertz CT molecular complexity index is 1050. The van der Waals surface area contributed by atoms with Crippen LogP contribution in [0.3, 0.4) is 0 Å². The van der Waals surface area contributed by atoms with Gasteiger partial charge in [-0.25, -0.2) is 13.6 Å². The van der Waals surface area contributed by atoms with Crippen molar-refractivity contribution in [3.05, 3.63) is 42.5 Å². The summed E-state index contributed by atoms with van der Waals surface area (Å²) < 4.78 is 33.2. The molecule has 146 valence electrons. The number of hydrogen-bond donors (Lipinski definition) is 2. The molecule has 2 aliphatic rings. The molecule has 10 heteroatoms. The number of amides is 2. The van der Waals surface area contributed by atoms with E-state index in [0.717, 1.165) is 0 Å². The molecule has 28 heavy (non-hydrogen) atoms. The molecule has 1 fully saturated rings. The van der Waals surface area contributed by atoms with Crippen molar-refractivity contribution >= 4 is 33.2 Å².